The summed E-state index contributed by atoms with van der Waals surface area (Å²) in [5.74, 6) is 1.78. The number of nitrogens with one attached hydrogen (secondary N) is 2. The van der Waals surface area contributed by atoms with E-state index in [9.17, 15) is 0 Å². The summed E-state index contributed by atoms with van der Waals surface area (Å²) in [6.45, 7) is 6.23. The monoisotopic (exact) mass is 560 g/mol. The van der Waals surface area contributed by atoms with E-state index >= 15 is 0 Å². The summed E-state index contributed by atoms with van der Waals surface area (Å²) in [7, 11) is 1.73. The van der Waals surface area contributed by atoms with Gasteiger partial charge in [0.05, 0.1) is 25.9 Å². The number of benzene rings is 2. The van der Waals surface area contributed by atoms with Crippen molar-refractivity contribution in [1.29, 1.82) is 0 Å². The molecule has 33 heavy (non-hydrogen) atoms. The van der Waals surface area contributed by atoms with E-state index in [4.69, 9.17) is 9.73 Å². The Morgan fingerprint density at radius 1 is 1.15 bits per heavy atom. The molecule has 2 N–H and O–H groups in total. The zero-order chi connectivity index (χ0) is 22.2. The summed E-state index contributed by atoms with van der Waals surface area (Å²) in [6.07, 6.45) is 4.84. The average molecular weight is 560 g/mol. The molecule has 1 unspecified atom stereocenters. The number of rotatable bonds is 8. The molecule has 0 aliphatic carbocycles. The van der Waals surface area contributed by atoms with Gasteiger partial charge in [-0.2, -0.15) is 5.10 Å². The smallest absolute Gasteiger partial charge is 0.191 e. The number of methoxy groups -OCH3 is 1. The van der Waals surface area contributed by atoms with Crippen LogP contribution in [0.2, 0.25) is 0 Å². The van der Waals surface area contributed by atoms with Crippen LogP contribution in [-0.2, 0) is 13.1 Å². The lowest BCUT2D eigenvalue weighted by atomic mass is 10.1. The number of guanidine groups is 1. The minimum absolute atomic E-state index is 0. The minimum Gasteiger partial charge on any atom is -0.495 e. The molecule has 1 aliphatic heterocycles. The highest BCUT2D eigenvalue weighted by Crippen LogP contribution is 2.30. The van der Waals surface area contributed by atoms with Crippen molar-refractivity contribution in [1.82, 2.24) is 20.4 Å². The Morgan fingerprint density at radius 3 is 2.79 bits per heavy atom. The molecular weight excluding hydrogens is 527 g/mol. The second kappa shape index (κ2) is 12.5. The first-order chi connectivity index (χ1) is 15.7. The van der Waals surface area contributed by atoms with Gasteiger partial charge in [0.2, 0.25) is 0 Å². The Labute approximate surface area is 213 Å². The van der Waals surface area contributed by atoms with Crippen molar-refractivity contribution in [2.45, 2.75) is 32.5 Å². The third kappa shape index (κ3) is 6.86. The lowest BCUT2D eigenvalue weighted by Crippen LogP contribution is -2.44. The molecule has 0 amide bonds. The summed E-state index contributed by atoms with van der Waals surface area (Å²) >= 11 is 0. The first-order valence-corrected chi connectivity index (χ1v) is 11.2. The van der Waals surface area contributed by atoms with Gasteiger partial charge in [0.15, 0.2) is 5.96 Å². The Kier molecular flexibility index (Phi) is 9.41. The number of anilines is 1. The van der Waals surface area contributed by atoms with E-state index in [1.54, 1.807) is 13.3 Å². The van der Waals surface area contributed by atoms with Gasteiger partial charge in [0.25, 0.3) is 0 Å². The fourth-order valence-electron chi connectivity index (χ4n) is 4.08. The van der Waals surface area contributed by atoms with Crippen molar-refractivity contribution in [3.63, 3.8) is 0 Å². The van der Waals surface area contributed by atoms with Gasteiger partial charge in [-0.3, -0.25) is 4.68 Å². The minimum atomic E-state index is 0. The lowest BCUT2D eigenvalue weighted by molar-refractivity contribution is 0.415. The van der Waals surface area contributed by atoms with Gasteiger partial charge >= 0.3 is 0 Å². The van der Waals surface area contributed by atoms with Crippen LogP contribution in [0.15, 0.2) is 72.0 Å². The number of para-hydroxylation sites is 2. The van der Waals surface area contributed by atoms with E-state index in [1.165, 1.54) is 11.1 Å². The van der Waals surface area contributed by atoms with Crippen LogP contribution in [0.5, 0.6) is 5.75 Å². The van der Waals surface area contributed by atoms with Crippen molar-refractivity contribution in [3.8, 4) is 5.75 Å². The van der Waals surface area contributed by atoms with Gasteiger partial charge < -0.3 is 20.3 Å². The standard InChI is InChI=1S/C25H32N6O.HI/c1-3-26-25(27-17-20-8-6-9-21(16-20)18-31-14-7-13-28-31)29-22-12-15-30(19-22)23-10-4-5-11-24(23)32-2;/h4-11,13-14,16,22H,3,12,15,17-19H2,1-2H3,(H2,26,27,29);1H. The van der Waals surface area contributed by atoms with Crippen LogP contribution in [0, 0.1) is 0 Å². The Balaban J connectivity index is 0.00000306. The summed E-state index contributed by atoms with van der Waals surface area (Å²) < 4.78 is 7.47. The van der Waals surface area contributed by atoms with Crippen LogP contribution in [0.3, 0.4) is 0 Å². The predicted molar refractivity (Wildman–Crippen MR) is 145 cm³/mol. The van der Waals surface area contributed by atoms with E-state index in [2.05, 4.69) is 64.0 Å². The second-order valence-corrected chi connectivity index (χ2v) is 7.97. The van der Waals surface area contributed by atoms with E-state index in [0.717, 1.165) is 50.0 Å². The van der Waals surface area contributed by atoms with Crippen molar-refractivity contribution in [2.75, 3.05) is 31.6 Å². The third-order valence-corrected chi connectivity index (χ3v) is 5.61. The lowest BCUT2D eigenvalue weighted by Gasteiger charge is -2.22. The van der Waals surface area contributed by atoms with E-state index in [1.807, 2.05) is 29.1 Å². The van der Waals surface area contributed by atoms with Crippen LogP contribution in [0.25, 0.3) is 0 Å². The van der Waals surface area contributed by atoms with Crippen LogP contribution >= 0.6 is 24.0 Å². The molecule has 1 saturated heterocycles. The van der Waals surface area contributed by atoms with Crippen molar-refractivity contribution in [2.24, 2.45) is 4.99 Å². The number of ether oxygens (including phenoxy) is 1. The molecule has 4 rings (SSSR count). The van der Waals surface area contributed by atoms with Gasteiger partial charge in [-0.05, 0) is 42.7 Å². The van der Waals surface area contributed by atoms with Gasteiger partial charge in [-0.15, -0.1) is 24.0 Å². The molecule has 1 fully saturated rings. The topological polar surface area (TPSA) is 66.7 Å². The van der Waals surface area contributed by atoms with Crippen molar-refractivity contribution >= 4 is 35.6 Å². The Hall–Kier alpha value is -2.75. The zero-order valence-corrected chi connectivity index (χ0v) is 21.6. The average Bonchev–Trinajstić information content (AvgIpc) is 3.50. The molecule has 176 valence electrons. The first-order valence-electron chi connectivity index (χ1n) is 11.2. The maximum atomic E-state index is 5.54. The van der Waals surface area contributed by atoms with E-state index < -0.39 is 0 Å². The predicted octanol–water partition coefficient (Wildman–Crippen LogP) is 3.89. The maximum absolute atomic E-state index is 5.54. The highest BCUT2D eigenvalue weighted by atomic mass is 127. The summed E-state index contributed by atoms with van der Waals surface area (Å²) in [4.78, 5) is 7.22. The number of hydrogen-bond donors (Lipinski definition) is 2. The fourth-order valence-corrected chi connectivity index (χ4v) is 4.08. The molecule has 1 atom stereocenters. The SMILES string of the molecule is CCNC(=NCc1cccc(Cn2cccn2)c1)NC1CCN(c2ccccc2OC)C1.I. The van der Waals surface area contributed by atoms with Gasteiger partial charge in [0, 0.05) is 38.1 Å². The number of aliphatic imine (C=N–C) groups is 1. The second-order valence-electron chi connectivity index (χ2n) is 7.97. The van der Waals surface area contributed by atoms with E-state index in [-0.39, 0.29) is 24.0 Å². The molecular formula is C25H33IN6O. The van der Waals surface area contributed by atoms with Crippen LogP contribution < -0.4 is 20.3 Å². The molecule has 2 heterocycles. The van der Waals surface area contributed by atoms with Gasteiger partial charge in [-0.1, -0.05) is 36.4 Å². The molecule has 0 spiro atoms. The molecule has 8 heteroatoms. The molecule has 3 aromatic rings. The van der Waals surface area contributed by atoms with Gasteiger partial charge in [-0.25, -0.2) is 4.99 Å². The number of hydrogen-bond acceptors (Lipinski definition) is 4. The molecule has 0 bridgehead atoms. The normalized spacial score (nSPS) is 15.8. The molecule has 7 nitrogen and oxygen atoms in total. The van der Waals surface area contributed by atoms with Crippen molar-refractivity contribution < 1.29 is 4.74 Å². The fraction of sp³-hybridized carbons (Fsp3) is 0.360. The van der Waals surface area contributed by atoms with Crippen LogP contribution in [0.1, 0.15) is 24.5 Å². The molecule has 1 aliphatic rings. The number of halogens is 1. The van der Waals surface area contributed by atoms with Crippen molar-refractivity contribution in [3.05, 3.63) is 78.1 Å². The summed E-state index contributed by atoms with van der Waals surface area (Å²) in [5.41, 5.74) is 3.56. The Morgan fingerprint density at radius 2 is 2.00 bits per heavy atom. The largest absolute Gasteiger partial charge is 0.495 e. The molecule has 0 saturated carbocycles. The maximum Gasteiger partial charge on any atom is 0.191 e. The first kappa shape index (κ1) is 24.9. The van der Waals surface area contributed by atoms with Gasteiger partial charge in [0.1, 0.15) is 5.75 Å². The summed E-state index contributed by atoms with van der Waals surface area (Å²) in [5, 5.41) is 11.3. The number of nitrogens with zero attached hydrogens (tertiary/aromatic N) is 4. The molecule has 0 radical (unpaired) electrons. The number of aromatic nitrogens is 2. The highest BCUT2D eigenvalue weighted by Gasteiger charge is 2.25. The van der Waals surface area contributed by atoms with Crippen LogP contribution in [-0.4, -0.2) is 48.5 Å². The zero-order valence-electron chi connectivity index (χ0n) is 19.3. The van der Waals surface area contributed by atoms with E-state index in [0.29, 0.717) is 12.6 Å². The highest BCUT2D eigenvalue weighted by molar-refractivity contribution is 14.0. The quantitative estimate of drug-likeness (QED) is 0.249. The molecule has 1 aromatic heterocycles. The third-order valence-electron chi connectivity index (χ3n) is 5.61. The van der Waals surface area contributed by atoms with Crippen LogP contribution in [0.4, 0.5) is 5.69 Å². The molecule has 2 aromatic carbocycles. The summed E-state index contributed by atoms with van der Waals surface area (Å²) in [6, 6.07) is 19.0. The Bertz CT molecular complexity index is 1020.